The van der Waals surface area contributed by atoms with Crippen molar-refractivity contribution in [3.63, 3.8) is 0 Å². The second-order valence-corrected chi connectivity index (χ2v) is 11.9. The lowest BCUT2D eigenvalue weighted by Crippen LogP contribution is -2.52. The van der Waals surface area contributed by atoms with Gasteiger partial charge in [0.15, 0.2) is 0 Å². The Balaban J connectivity index is 1.23. The van der Waals surface area contributed by atoms with Gasteiger partial charge >= 0.3 is 0 Å². The number of unbranched alkanes of at least 4 members (excludes halogenated alkanes) is 15. The average molecular weight is 453 g/mol. The van der Waals surface area contributed by atoms with E-state index in [1.54, 1.807) is 0 Å². The fraction of sp³-hybridized carbons (Fsp3) is 1.00. The summed E-state index contributed by atoms with van der Waals surface area (Å²) in [6.07, 6.45) is 27.9. The summed E-state index contributed by atoms with van der Waals surface area (Å²) in [6.45, 7) is 10.1. The molecule has 0 amide bonds. The van der Waals surface area contributed by atoms with Crippen molar-refractivity contribution in [2.24, 2.45) is 0 Å². The third-order valence-corrected chi connectivity index (χ3v) is 8.59. The van der Waals surface area contributed by atoms with E-state index in [4.69, 9.17) is 4.74 Å². The highest BCUT2D eigenvalue weighted by molar-refractivity contribution is 4.54. The number of hydrogen-bond donors (Lipinski definition) is 0. The van der Waals surface area contributed by atoms with Gasteiger partial charge in [0.25, 0.3) is 0 Å². The molecule has 2 rings (SSSR count). The molecule has 0 N–H and O–H groups in total. The summed E-state index contributed by atoms with van der Waals surface area (Å²) in [6, 6.07) is 0. The predicted octanol–water partition coefficient (Wildman–Crippen LogP) is 7.34. The van der Waals surface area contributed by atoms with E-state index >= 15 is 0 Å². The summed E-state index contributed by atoms with van der Waals surface area (Å²) in [7, 11) is 4.91. The van der Waals surface area contributed by atoms with Crippen LogP contribution in [-0.2, 0) is 4.74 Å². The van der Waals surface area contributed by atoms with Crippen molar-refractivity contribution in [1.82, 2.24) is 0 Å². The van der Waals surface area contributed by atoms with Crippen LogP contribution >= 0.6 is 0 Å². The molecule has 2 aliphatic rings. The van der Waals surface area contributed by atoms with Crippen LogP contribution in [-0.4, -0.2) is 75.5 Å². The normalized spacial score (nSPS) is 20.4. The first-order valence-corrected chi connectivity index (χ1v) is 14.9. The number of hydrogen-bond acceptors (Lipinski definition) is 1. The Morgan fingerprint density at radius 3 is 1.09 bits per heavy atom. The predicted molar refractivity (Wildman–Crippen MR) is 140 cm³/mol. The fourth-order valence-electron chi connectivity index (χ4n) is 5.97. The molecule has 0 bridgehead atoms. The van der Waals surface area contributed by atoms with E-state index in [0.29, 0.717) is 0 Å². The van der Waals surface area contributed by atoms with Crippen molar-refractivity contribution in [1.29, 1.82) is 0 Å². The van der Waals surface area contributed by atoms with Gasteiger partial charge in [-0.05, 0) is 44.9 Å². The van der Waals surface area contributed by atoms with Gasteiger partial charge in [-0.2, -0.15) is 0 Å². The first-order chi connectivity index (χ1) is 15.6. The minimum atomic E-state index is 0.968. The van der Waals surface area contributed by atoms with Gasteiger partial charge in [-0.3, -0.25) is 0 Å². The maximum Gasteiger partial charge on any atom is 0.102 e. The van der Waals surface area contributed by atoms with E-state index in [1.165, 1.54) is 170 Å². The molecule has 0 aromatic rings. The molecular weight excluding hydrogens is 392 g/mol. The number of likely N-dealkylation sites (N-methyl/N-ethyl adjacent to an activating group) is 1. The first-order valence-electron chi connectivity index (χ1n) is 14.9. The highest BCUT2D eigenvalue weighted by Crippen LogP contribution is 2.19. The number of ether oxygens (including phenoxy) is 1. The molecule has 0 atom stereocenters. The molecule has 0 unspecified atom stereocenters. The Hall–Kier alpha value is -0.120. The van der Waals surface area contributed by atoms with Crippen LogP contribution in [0.3, 0.4) is 0 Å². The highest BCUT2D eigenvalue weighted by atomic mass is 16.5. The van der Waals surface area contributed by atoms with E-state index < -0.39 is 0 Å². The molecule has 3 nitrogen and oxygen atoms in total. The topological polar surface area (TPSA) is 9.23 Å². The van der Waals surface area contributed by atoms with Gasteiger partial charge < -0.3 is 13.7 Å². The molecule has 190 valence electrons. The zero-order valence-electron chi connectivity index (χ0n) is 22.4. The zero-order chi connectivity index (χ0) is 22.8. The number of nitrogens with zero attached hydrogens (tertiary/aromatic N) is 2. The Labute approximate surface area is 202 Å². The van der Waals surface area contributed by atoms with Crippen LogP contribution in [0, 0.1) is 0 Å². The van der Waals surface area contributed by atoms with Crippen LogP contribution < -0.4 is 0 Å². The molecule has 2 aliphatic heterocycles. The Morgan fingerprint density at radius 2 is 0.719 bits per heavy atom. The SMILES string of the molecule is C[N+]1(CCCCCCCCCCCCCCCCCC[N+]2(C)CCOCC2)CCCCC1. The van der Waals surface area contributed by atoms with Crippen LogP contribution in [0.5, 0.6) is 0 Å². The van der Waals surface area contributed by atoms with Crippen LogP contribution in [0.4, 0.5) is 0 Å². The minimum absolute atomic E-state index is 0.968. The summed E-state index contributed by atoms with van der Waals surface area (Å²) in [5.74, 6) is 0. The Kier molecular flexibility index (Phi) is 15.2. The largest absolute Gasteiger partial charge is 0.370 e. The van der Waals surface area contributed by atoms with Crippen LogP contribution in [0.2, 0.25) is 0 Å². The monoisotopic (exact) mass is 452 g/mol. The van der Waals surface area contributed by atoms with E-state index in [9.17, 15) is 0 Å². The van der Waals surface area contributed by atoms with Crippen molar-refractivity contribution in [2.45, 2.75) is 122 Å². The molecule has 0 spiro atoms. The van der Waals surface area contributed by atoms with Gasteiger partial charge in [0.2, 0.25) is 0 Å². The van der Waals surface area contributed by atoms with Gasteiger partial charge in [0, 0.05) is 0 Å². The van der Waals surface area contributed by atoms with Crippen molar-refractivity contribution in [3.05, 3.63) is 0 Å². The molecule has 0 aromatic carbocycles. The third kappa shape index (κ3) is 13.6. The molecular formula is C29H60N2O+2. The van der Waals surface area contributed by atoms with Crippen LogP contribution in [0.1, 0.15) is 122 Å². The van der Waals surface area contributed by atoms with E-state index in [2.05, 4.69) is 14.1 Å². The lowest BCUT2D eigenvalue weighted by Gasteiger charge is -2.37. The maximum absolute atomic E-state index is 5.51. The molecule has 0 radical (unpaired) electrons. The van der Waals surface area contributed by atoms with E-state index in [1.807, 2.05) is 0 Å². The summed E-state index contributed by atoms with van der Waals surface area (Å²) >= 11 is 0. The minimum Gasteiger partial charge on any atom is -0.370 e. The molecule has 0 aliphatic carbocycles. The smallest absolute Gasteiger partial charge is 0.102 e. The molecule has 32 heavy (non-hydrogen) atoms. The van der Waals surface area contributed by atoms with Crippen LogP contribution in [0.25, 0.3) is 0 Å². The lowest BCUT2D eigenvalue weighted by atomic mass is 10.0. The molecule has 0 aromatic heterocycles. The fourth-order valence-corrected chi connectivity index (χ4v) is 5.97. The van der Waals surface area contributed by atoms with Gasteiger partial charge in [-0.25, -0.2) is 0 Å². The average Bonchev–Trinajstić information content (AvgIpc) is 2.79. The summed E-state index contributed by atoms with van der Waals surface area (Å²) in [5, 5.41) is 0. The van der Waals surface area contributed by atoms with Gasteiger partial charge in [0.05, 0.1) is 53.5 Å². The van der Waals surface area contributed by atoms with Crippen molar-refractivity contribution < 1.29 is 13.7 Å². The standard InChI is InChI=1S/C29H60N2O/c1-30(23-20-17-21-24-30)22-18-15-13-11-9-7-5-3-4-6-8-10-12-14-16-19-25-31(2)26-28-32-29-27-31/h3-29H2,1-2H3/q+2. The molecule has 0 saturated carbocycles. The Morgan fingerprint density at radius 1 is 0.406 bits per heavy atom. The summed E-state index contributed by atoms with van der Waals surface area (Å²) < 4.78 is 8.12. The summed E-state index contributed by atoms with van der Waals surface area (Å²) in [4.78, 5) is 0. The van der Waals surface area contributed by atoms with Crippen LogP contribution in [0.15, 0.2) is 0 Å². The first kappa shape index (κ1) is 28.1. The number of quaternary nitrogens is 2. The second kappa shape index (κ2) is 17.3. The number of rotatable bonds is 19. The number of piperidine rings is 1. The van der Waals surface area contributed by atoms with E-state index in [-0.39, 0.29) is 0 Å². The maximum atomic E-state index is 5.51. The Bertz CT molecular complexity index is 387. The van der Waals surface area contributed by atoms with E-state index in [0.717, 1.165) is 13.2 Å². The van der Waals surface area contributed by atoms with Gasteiger partial charge in [-0.1, -0.05) is 77.0 Å². The number of morpholine rings is 1. The quantitative estimate of drug-likeness (QED) is 0.147. The second-order valence-electron chi connectivity index (χ2n) is 11.9. The lowest BCUT2D eigenvalue weighted by molar-refractivity contribution is -0.917. The zero-order valence-corrected chi connectivity index (χ0v) is 22.4. The highest BCUT2D eigenvalue weighted by Gasteiger charge is 2.24. The third-order valence-electron chi connectivity index (χ3n) is 8.59. The van der Waals surface area contributed by atoms with Crippen molar-refractivity contribution in [3.8, 4) is 0 Å². The van der Waals surface area contributed by atoms with Gasteiger partial charge in [0.1, 0.15) is 13.1 Å². The number of likely N-dealkylation sites (tertiary alicyclic amines) is 1. The molecule has 2 heterocycles. The van der Waals surface area contributed by atoms with Crippen molar-refractivity contribution >= 4 is 0 Å². The molecule has 3 heteroatoms. The van der Waals surface area contributed by atoms with Crippen molar-refractivity contribution in [2.75, 3.05) is 66.6 Å². The van der Waals surface area contributed by atoms with Gasteiger partial charge in [-0.15, -0.1) is 0 Å². The molecule has 2 saturated heterocycles. The molecule has 2 fully saturated rings. The summed E-state index contributed by atoms with van der Waals surface area (Å²) in [5.41, 5.74) is 0.